The van der Waals surface area contributed by atoms with E-state index in [9.17, 15) is 9.59 Å². The fourth-order valence-electron chi connectivity index (χ4n) is 5.55. The molecule has 45 heavy (non-hydrogen) atoms. The lowest BCUT2D eigenvalue weighted by molar-refractivity contribution is 0.0658. The van der Waals surface area contributed by atoms with Crippen LogP contribution in [0, 0.1) is 0 Å². The number of benzene rings is 1. The molecule has 5 heterocycles. The van der Waals surface area contributed by atoms with E-state index in [0.29, 0.717) is 87.4 Å². The molecule has 3 amide bonds. The van der Waals surface area contributed by atoms with Crippen molar-refractivity contribution in [3.63, 3.8) is 0 Å². The lowest BCUT2D eigenvalue weighted by atomic mass is 10.2. The smallest absolute Gasteiger partial charge is 0.323 e. The maximum atomic E-state index is 12.8. The summed E-state index contributed by atoms with van der Waals surface area (Å²) >= 11 is 0. The number of nitrogens with one attached hydrogen (secondary N) is 2. The number of carbonyl (C=O) groups is 2. The van der Waals surface area contributed by atoms with Crippen LogP contribution in [0.25, 0.3) is 11.4 Å². The zero-order chi connectivity index (χ0) is 31.3. The lowest BCUT2D eigenvalue weighted by Crippen LogP contribution is -2.47. The Morgan fingerprint density at radius 3 is 1.89 bits per heavy atom. The molecule has 3 aromatic rings. The Morgan fingerprint density at radius 1 is 0.756 bits per heavy atom. The molecule has 2 aromatic heterocycles. The third-order valence-electron chi connectivity index (χ3n) is 8.29. The minimum atomic E-state index is -0.421. The molecular weight excluding hydrogens is 576 g/mol. The van der Waals surface area contributed by atoms with Crippen molar-refractivity contribution in [2.75, 3.05) is 93.2 Å². The van der Waals surface area contributed by atoms with Gasteiger partial charge in [0.2, 0.25) is 11.9 Å². The topological polar surface area (TPSA) is 141 Å². The number of nitrogens with zero attached hydrogens (tertiary/aromatic N) is 8. The molecule has 0 saturated carbocycles. The van der Waals surface area contributed by atoms with Crippen molar-refractivity contribution in [3.05, 3.63) is 48.3 Å². The number of likely N-dealkylation sites (N-methyl/N-ethyl adjacent to an activating group) is 1. The van der Waals surface area contributed by atoms with Gasteiger partial charge in [0, 0.05) is 50.5 Å². The second-order valence-electron chi connectivity index (χ2n) is 11.7. The summed E-state index contributed by atoms with van der Waals surface area (Å²) in [7, 11) is 2.04. The van der Waals surface area contributed by atoms with E-state index in [4.69, 9.17) is 24.4 Å². The molecule has 0 aliphatic carbocycles. The SMILES string of the molecule is C[C@@H]1COCCN1c1nc(-c2ccc(NC(=O)Nc3ccc(C(=O)N4CCN(C)CC4)nc3)cc2)nc(N2CCOC[C@H]2C)n1. The molecule has 238 valence electrons. The average molecular weight is 617 g/mol. The van der Waals surface area contributed by atoms with Crippen molar-refractivity contribution in [1.29, 1.82) is 0 Å². The van der Waals surface area contributed by atoms with E-state index < -0.39 is 6.03 Å². The lowest BCUT2D eigenvalue weighted by Gasteiger charge is -2.36. The number of morpholine rings is 2. The maximum Gasteiger partial charge on any atom is 0.323 e. The van der Waals surface area contributed by atoms with Gasteiger partial charge in [0.15, 0.2) is 5.82 Å². The van der Waals surface area contributed by atoms with Crippen molar-refractivity contribution in [2.45, 2.75) is 25.9 Å². The first-order chi connectivity index (χ1) is 21.8. The molecule has 0 spiro atoms. The van der Waals surface area contributed by atoms with Gasteiger partial charge in [-0.1, -0.05) is 0 Å². The van der Waals surface area contributed by atoms with Gasteiger partial charge in [0.05, 0.1) is 50.4 Å². The molecule has 14 heteroatoms. The Kier molecular flexibility index (Phi) is 9.33. The van der Waals surface area contributed by atoms with Crippen LogP contribution in [0.15, 0.2) is 42.6 Å². The minimum Gasteiger partial charge on any atom is -0.377 e. The number of ether oxygens (including phenoxy) is 2. The van der Waals surface area contributed by atoms with Crippen LogP contribution in [0.3, 0.4) is 0 Å². The molecule has 1 aromatic carbocycles. The van der Waals surface area contributed by atoms with Gasteiger partial charge in [-0.3, -0.25) is 4.79 Å². The summed E-state index contributed by atoms with van der Waals surface area (Å²) in [4.78, 5) is 52.7. The van der Waals surface area contributed by atoms with E-state index in [1.54, 1.807) is 17.0 Å². The fourth-order valence-corrected chi connectivity index (χ4v) is 5.55. The Balaban J connectivity index is 1.12. The minimum absolute atomic E-state index is 0.101. The predicted octanol–water partition coefficient (Wildman–Crippen LogP) is 2.42. The molecule has 3 aliphatic heterocycles. The number of piperazine rings is 1. The summed E-state index contributed by atoms with van der Waals surface area (Å²) < 4.78 is 11.3. The molecule has 3 fully saturated rings. The van der Waals surface area contributed by atoms with Crippen molar-refractivity contribution < 1.29 is 19.1 Å². The first-order valence-electron chi connectivity index (χ1n) is 15.4. The number of pyridine rings is 1. The van der Waals surface area contributed by atoms with Crippen LogP contribution >= 0.6 is 0 Å². The van der Waals surface area contributed by atoms with E-state index in [0.717, 1.165) is 18.7 Å². The molecule has 14 nitrogen and oxygen atoms in total. The van der Waals surface area contributed by atoms with Crippen molar-refractivity contribution in [1.82, 2.24) is 29.7 Å². The van der Waals surface area contributed by atoms with Gasteiger partial charge in [-0.05, 0) is 57.3 Å². The van der Waals surface area contributed by atoms with E-state index in [2.05, 4.69) is 44.2 Å². The molecule has 3 saturated heterocycles. The summed E-state index contributed by atoms with van der Waals surface area (Å²) in [6.07, 6.45) is 1.49. The van der Waals surface area contributed by atoms with Crippen molar-refractivity contribution >= 4 is 35.2 Å². The summed E-state index contributed by atoms with van der Waals surface area (Å²) in [5.41, 5.74) is 2.25. The summed E-state index contributed by atoms with van der Waals surface area (Å²) in [5, 5.41) is 5.62. The van der Waals surface area contributed by atoms with Crippen LogP contribution in [0.2, 0.25) is 0 Å². The molecule has 2 N–H and O–H groups in total. The first-order valence-corrected chi connectivity index (χ1v) is 15.4. The third kappa shape index (κ3) is 7.30. The second-order valence-corrected chi connectivity index (χ2v) is 11.7. The maximum absolute atomic E-state index is 12.8. The standard InChI is InChI=1S/C31H40N10O4/c1-21-19-44-16-14-40(21)29-35-27(36-30(37-29)41-15-17-45-20-22(41)2)23-4-6-24(7-5-23)33-31(43)34-25-8-9-26(32-18-25)28(42)39-12-10-38(3)11-13-39/h4-9,18,21-22H,10-17,19-20H2,1-3H3,(H2,33,34,43)/t21-,22-/m1/s1. The molecule has 0 radical (unpaired) electrons. The van der Waals surface area contributed by atoms with Crippen LogP contribution in [-0.2, 0) is 9.47 Å². The highest BCUT2D eigenvalue weighted by Crippen LogP contribution is 2.26. The molecule has 3 aliphatic rings. The van der Waals surface area contributed by atoms with Crippen LogP contribution in [0.1, 0.15) is 24.3 Å². The van der Waals surface area contributed by atoms with Gasteiger partial charge in [-0.2, -0.15) is 15.0 Å². The summed E-state index contributed by atoms with van der Waals surface area (Å²) in [5.74, 6) is 1.70. The van der Waals surface area contributed by atoms with Crippen molar-refractivity contribution in [2.24, 2.45) is 0 Å². The average Bonchev–Trinajstić information content (AvgIpc) is 3.06. The van der Waals surface area contributed by atoms with E-state index in [1.165, 1.54) is 6.20 Å². The van der Waals surface area contributed by atoms with E-state index in [-0.39, 0.29) is 18.0 Å². The molecule has 2 atom stereocenters. The Bertz CT molecular complexity index is 1440. The highest BCUT2D eigenvalue weighted by atomic mass is 16.5. The van der Waals surface area contributed by atoms with Gasteiger partial charge >= 0.3 is 6.03 Å². The molecule has 0 unspecified atom stereocenters. The monoisotopic (exact) mass is 616 g/mol. The van der Waals surface area contributed by atoms with Gasteiger partial charge < -0.3 is 39.7 Å². The van der Waals surface area contributed by atoms with Crippen molar-refractivity contribution in [3.8, 4) is 11.4 Å². The molecular formula is C31H40N10O4. The van der Waals surface area contributed by atoms with Gasteiger partial charge in [-0.15, -0.1) is 0 Å². The van der Waals surface area contributed by atoms with Crippen LogP contribution < -0.4 is 20.4 Å². The number of anilines is 4. The summed E-state index contributed by atoms with van der Waals surface area (Å²) in [6.45, 7) is 11.1. The number of aromatic nitrogens is 4. The van der Waals surface area contributed by atoms with Crippen LogP contribution in [0.5, 0.6) is 0 Å². The normalized spacial score (nSPS) is 21.0. The quantitative estimate of drug-likeness (QED) is 0.422. The number of urea groups is 1. The predicted molar refractivity (Wildman–Crippen MR) is 171 cm³/mol. The largest absolute Gasteiger partial charge is 0.377 e. The van der Waals surface area contributed by atoms with Gasteiger partial charge in [-0.25, -0.2) is 9.78 Å². The number of carbonyl (C=O) groups excluding carboxylic acids is 2. The highest BCUT2D eigenvalue weighted by molar-refractivity contribution is 6.00. The van der Waals surface area contributed by atoms with Crippen LogP contribution in [0.4, 0.5) is 28.1 Å². The first kappa shape index (κ1) is 30.6. The van der Waals surface area contributed by atoms with E-state index in [1.807, 2.05) is 31.3 Å². The zero-order valence-electron chi connectivity index (χ0n) is 26.0. The third-order valence-corrected chi connectivity index (χ3v) is 8.29. The van der Waals surface area contributed by atoms with Gasteiger partial charge in [0.1, 0.15) is 5.69 Å². The number of hydrogen-bond acceptors (Lipinski definition) is 11. The Morgan fingerprint density at radius 2 is 1.33 bits per heavy atom. The number of hydrogen-bond donors (Lipinski definition) is 2. The number of rotatable bonds is 6. The number of amides is 3. The molecule has 6 rings (SSSR count). The summed E-state index contributed by atoms with van der Waals surface area (Å²) in [6, 6.07) is 10.5. The Hall–Kier alpha value is -4.40. The van der Waals surface area contributed by atoms with E-state index >= 15 is 0 Å². The zero-order valence-corrected chi connectivity index (χ0v) is 26.0. The Labute approximate surface area is 262 Å². The molecule has 0 bridgehead atoms. The highest BCUT2D eigenvalue weighted by Gasteiger charge is 2.27. The van der Waals surface area contributed by atoms with Gasteiger partial charge in [0.25, 0.3) is 5.91 Å². The van der Waals surface area contributed by atoms with Crippen LogP contribution in [-0.4, -0.2) is 127 Å². The fraction of sp³-hybridized carbons (Fsp3) is 0.484. The second kappa shape index (κ2) is 13.7.